The van der Waals surface area contributed by atoms with Crippen LogP contribution >= 0.6 is 0 Å². The van der Waals surface area contributed by atoms with E-state index in [-0.39, 0.29) is 18.7 Å². The Balaban J connectivity index is 1.21. The molecule has 3 fully saturated rings. The summed E-state index contributed by atoms with van der Waals surface area (Å²) in [5.41, 5.74) is 1.48. The molecule has 4 aliphatic rings. The molecule has 9 nitrogen and oxygen atoms in total. The second-order valence-corrected chi connectivity index (χ2v) is 9.21. The van der Waals surface area contributed by atoms with Crippen LogP contribution < -0.4 is 16.0 Å². The van der Waals surface area contributed by atoms with E-state index in [4.69, 9.17) is 0 Å². The average molecular weight is 440 g/mol. The van der Waals surface area contributed by atoms with Crippen LogP contribution in [0.4, 0.5) is 0 Å². The smallest absolute Gasteiger partial charge is 0.262 e. The van der Waals surface area contributed by atoms with Crippen LogP contribution in [0.25, 0.3) is 0 Å². The first-order valence-corrected chi connectivity index (χ1v) is 11.5. The first-order chi connectivity index (χ1) is 15.5. The van der Waals surface area contributed by atoms with Gasteiger partial charge in [-0.25, -0.2) is 0 Å². The van der Waals surface area contributed by atoms with Crippen LogP contribution in [-0.2, 0) is 16.1 Å². The van der Waals surface area contributed by atoms with Crippen molar-refractivity contribution < 1.29 is 19.2 Å². The first-order valence-electron chi connectivity index (χ1n) is 11.5. The molecule has 1 unspecified atom stereocenters. The summed E-state index contributed by atoms with van der Waals surface area (Å²) in [4.78, 5) is 53.4. The number of carbonyl (C=O) groups excluding carboxylic acids is 4. The molecule has 0 saturated carbocycles. The molecule has 0 aliphatic carbocycles. The van der Waals surface area contributed by atoms with Crippen molar-refractivity contribution in [2.45, 2.75) is 44.3 Å². The molecule has 4 heterocycles. The Morgan fingerprint density at radius 3 is 2.47 bits per heavy atom. The summed E-state index contributed by atoms with van der Waals surface area (Å²) in [5.74, 6) is -1.26. The molecule has 9 heteroatoms. The lowest BCUT2D eigenvalue weighted by Gasteiger charge is -2.42. The van der Waals surface area contributed by atoms with Crippen LogP contribution in [0.2, 0.25) is 0 Å². The summed E-state index contributed by atoms with van der Waals surface area (Å²) in [7, 11) is 0. The number of piperidine rings is 2. The molecule has 0 bridgehead atoms. The predicted molar refractivity (Wildman–Crippen MR) is 116 cm³/mol. The van der Waals surface area contributed by atoms with Gasteiger partial charge in [-0.2, -0.15) is 0 Å². The quantitative estimate of drug-likeness (QED) is 0.529. The molecule has 3 N–H and O–H groups in total. The van der Waals surface area contributed by atoms with E-state index in [1.807, 2.05) is 6.07 Å². The topological polar surface area (TPSA) is 111 Å². The zero-order chi connectivity index (χ0) is 22.2. The number of nitrogens with zero attached hydrogens (tertiary/aromatic N) is 2. The summed E-state index contributed by atoms with van der Waals surface area (Å²) < 4.78 is 0. The van der Waals surface area contributed by atoms with Crippen molar-refractivity contribution in [3.63, 3.8) is 0 Å². The Labute approximate surface area is 186 Å². The van der Waals surface area contributed by atoms with E-state index in [1.165, 1.54) is 0 Å². The van der Waals surface area contributed by atoms with Gasteiger partial charge in [0.1, 0.15) is 6.04 Å². The number of hydrogen-bond acceptors (Lipinski definition) is 7. The van der Waals surface area contributed by atoms with Crippen LogP contribution in [0.3, 0.4) is 0 Å². The maximum atomic E-state index is 13.2. The van der Waals surface area contributed by atoms with E-state index in [9.17, 15) is 19.2 Å². The third-order valence-electron chi connectivity index (χ3n) is 7.23. The third kappa shape index (κ3) is 3.85. The zero-order valence-electron chi connectivity index (χ0n) is 18.1. The number of fused-ring (bicyclic) bond motifs is 1. The number of likely N-dealkylation sites (tertiary alicyclic amines) is 1. The fourth-order valence-corrected chi connectivity index (χ4v) is 5.20. The highest BCUT2D eigenvalue weighted by Gasteiger charge is 2.45. The van der Waals surface area contributed by atoms with Crippen LogP contribution in [0.1, 0.15) is 52.0 Å². The van der Waals surface area contributed by atoms with Gasteiger partial charge >= 0.3 is 0 Å². The molecule has 5 rings (SSSR count). The fourth-order valence-electron chi connectivity index (χ4n) is 5.20. The zero-order valence-corrected chi connectivity index (χ0v) is 18.1. The van der Waals surface area contributed by atoms with Crippen molar-refractivity contribution in [3.8, 4) is 0 Å². The largest absolute Gasteiger partial charge is 0.314 e. The van der Waals surface area contributed by atoms with Crippen LogP contribution in [0.15, 0.2) is 18.2 Å². The average Bonchev–Trinajstić information content (AvgIpc) is 2.99. The number of carbonyl (C=O) groups is 4. The van der Waals surface area contributed by atoms with Gasteiger partial charge in [0.15, 0.2) is 0 Å². The Bertz CT molecular complexity index is 952. The van der Waals surface area contributed by atoms with E-state index < -0.39 is 23.8 Å². The minimum atomic E-state index is -0.933. The minimum absolute atomic E-state index is 0.119. The number of imide groups is 2. The van der Waals surface area contributed by atoms with Crippen LogP contribution in [0.5, 0.6) is 0 Å². The van der Waals surface area contributed by atoms with E-state index in [2.05, 4.69) is 20.9 Å². The van der Waals surface area contributed by atoms with Crippen LogP contribution in [-0.4, -0.2) is 78.2 Å². The highest BCUT2D eigenvalue weighted by atomic mass is 16.2. The van der Waals surface area contributed by atoms with Crippen molar-refractivity contribution in [1.29, 1.82) is 0 Å². The summed E-state index contributed by atoms with van der Waals surface area (Å²) >= 11 is 0. The molecular weight excluding hydrogens is 410 g/mol. The predicted octanol–water partition coefficient (Wildman–Crippen LogP) is -0.139. The van der Waals surface area contributed by atoms with Gasteiger partial charge in [-0.05, 0) is 56.4 Å². The number of rotatable bonds is 6. The molecule has 4 aliphatic heterocycles. The van der Waals surface area contributed by atoms with Crippen molar-refractivity contribution in [2.75, 3.05) is 32.7 Å². The van der Waals surface area contributed by atoms with Gasteiger partial charge in [-0.3, -0.25) is 34.3 Å². The number of amides is 4. The molecule has 3 saturated heterocycles. The monoisotopic (exact) mass is 439 g/mol. The molecule has 0 aromatic heterocycles. The molecule has 170 valence electrons. The lowest BCUT2D eigenvalue weighted by atomic mass is 9.94. The summed E-state index contributed by atoms with van der Waals surface area (Å²) in [5, 5.41) is 9.05. The molecule has 1 atom stereocenters. The van der Waals surface area contributed by atoms with Crippen LogP contribution in [0, 0.1) is 5.92 Å². The summed E-state index contributed by atoms with van der Waals surface area (Å²) in [6, 6.07) is 5.04. The standard InChI is InChI=1S/C23H29N5O4/c29-19-5-4-18(21(30)26-19)28-22(31)17-3-1-2-15(20(17)23(28)32)11-24-10-14-6-8-27(9-7-14)16-12-25-13-16/h1-3,14,16,18,24-25H,4-13H2,(H,26,29,30). The highest BCUT2D eigenvalue weighted by molar-refractivity contribution is 6.24. The van der Waals surface area contributed by atoms with Crippen molar-refractivity contribution in [3.05, 3.63) is 34.9 Å². The lowest BCUT2D eigenvalue weighted by molar-refractivity contribution is -0.136. The van der Waals surface area contributed by atoms with Crippen molar-refractivity contribution >= 4 is 23.6 Å². The van der Waals surface area contributed by atoms with Gasteiger partial charge < -0.3 is 10.6 Å². The van der Waals surface area contributed by atoms with E-state index in [1.54, 1.807) is 12.1 Å². The molecule has 0 spiro atoms. The summed E-state index contributed by atoms with van der Waals surface area (Å²) in [6.45, 7) is 5.84. The molecule has 1 aromatic rings. The highest BCUT2D eigenvalue weighted by Crippen LogP contribution is 2.30. The van der Waals surface area contributed by atoms with E-state index in [0.29, 0.717) is 29.6 Å². The van der Waals surface area contributed by atoms with E-state index >= 15 is 0 Å². The van der Waals surface area contributed by atoms with Gasteiger partial charge in [0.05, 0.1) is 11.1 Å². The second kappa shape index (κ2) is 8.73. The maximum absolute atomic E-state index is 13.2. The number of nitrogens with one attached hydrogen (secondary N) is 3. The first kappa shape index (κ1) is 21.2. The molecule has 4 amide bonds. The molecule has 1 aromatic carbocycles. The van der Waals surface area contributed by atoms with Crippen molar-refractivity contribution in [1.82, 2.24) is 25.8 Å². The van der Waals surface area contributed by atoms with E-state index in [0.717, 1.165) is 56.0 Å². The maximum Gasteiger partial charge on any atom is 0.262 e. The number of benzene rings is 1. The van der Waals surface area contributed by atoms with Gasteiger partial charge in [-0.1, -0.05) is 12.1 Å². The molecule has 32 heavy (non-hydrogen) atoms. The van der Waals surface area contributed by atoms with Crippen molar-refractivity contribution in [2.24, 2.45) is 5.92 Å². The summed E-state index contributed by atoms with van der Waals surface area (Å²) in [6.07, 6.45) is 2.61. The van der Waals surface area contributed by atoms with Gasteiger partial charge in [0, 0.05) is 32.1 Å². The Morgan fingerprint density at radius 2 is 1.78 bits per heavy atom. The van der Waals surface area contributed by atoms with Gasteiger partial charge in [0.25, 0.3) is 11.8 Å². The fraction of sp³-hybridized carbons (Fsp3) is 0.565. The van der Waals surface area contributed by atoms with Gasteiger partial charge in [0.2, 0.25) is 11.8 Å². The lowest BCUT2D eigenvalue weighted by Crippen LogP contribution is -2.59. The van der Waals surface area contributed by atoms with Gasteiger partial charge in [-0.15, -0.1) is 0 Å². The Hall–Kier alpha value is -2.62. The Morgan fingerprint density at radius 1 is 1.00 bits per heavy atom. The normalized spacial score (nSPS) is 25.1. The SMILES string of the molecule is O=C1CCC(N2C(=O)c3cccc(CNCC4CCN(C5CNC5)CC4)c3C2=O)C(=O)N1. The molecule has 0 radical (unpaired) electrons. The third-order valence-corrected chi connectivity index (χ3v) is 7.23. The second-order valence-electron chi connectivity index (χ2n) is 9.21. The Kier molecular flexibility index (Phi) is 5.79. The molecular formula is C23H29N5O4. The number of hydrogen-bond donors (Lipinski definition) is 3. The minimum Gasteiger partial charge on any atom is -0.314 e.